The van der Waals surface area contributed by atoms with E-state index < -0.39 is 15.9 Å². The van der Waals surface area contributed by atoms with Crippen molar-refractivity contribution in [3.8, 4) is 10.4 Å². The average Bonchev–Trinajstić information content (AvgIpc) is 3.41. The Kier molecular flexibility index (Phi) is 5.50. The number of rotatable bonds is 5. The number of carboxylic acid groups (broad SMARTS) is 1. The molecule has 1 heterocycles. The van der Waals surface area contributed by atoms with Crippen LogP contribution in [0, 0.1) is 0 Å². The molecule has 2 aliphatic rings. The molecule has 2 saturated carbocycles. The molecule has 150 valence electrons. The lowest BCUT2D eigenvalue weighted by Gasteiger charge is -2.27. The zero-order valence-corrected chi connectivity index (χ0v) is 18.3. The Balaban J connectivity index is 1.56. The molecule has 2 aromatic rings. The van der Waals surface area contributed by atoms with Crippen molar-refractivity contribution in [2.45, 2.75) is 60.6 Å². The molecule has 2 fully saturated rings. The van der Waals surface area contributed by atoms with Gasteiger partial charge < -0.3 is 10.4 Å². The topological polar surface area (TPSA) is 96.4 Å². The van der Waals surface area contributed by atoms with Gasteiger partial charge >= 0.3 is 6.09 Å². The minimum Gasteiger partial charge on any atom is -0.465 e. The summed E-state index contributed by atoms with van der Waals surface area (Å²) in [5.41, 5.74) is 0.722. The minimum absolute atomic E-state index is 0.00921. The van der Waals surface area contributed by atoms with Gasteiger partial charge in [-0.15, -0.1) is 11.3 Å². The summed E-state index contributed by atoms with van der Waals surface area (Å²) in [5, 5.41) is 12.2. The highest BCUT2D eigenvalue weighted by Crippen LogP contribution is 2.42. The highest BCUT2D eigenvalue weighted by atomic mass is 79.9. The summed E-state index contributed by atoms with van der Waals surface area (Å²) in [4.78, 5) is 16.6. The molecule has 6 nitrogen and oxygen atoms in total. The van der Waals surface area contributed by atoms with E-state index in [0.29, 0.717) is 10.8 Å². The maximum Gasteiger partial charge on any atom is 0.404 e. The third-order valence-electron chi connectivity index (χ3n) is 5.41. The van der Waals surface area contributed by atoms with Crippen LogP contribution in [0.5, 0.6) is 0 Å². The van der Waals surface area contributed by atoms with E-state index in [1.165, 1.54) is 0 Å². The van der Waals surface area contributed by atoms with Crippen molar-refractivity contribution in [3.63, 3.8) is 0 Å². The number of benzene rings is 1. The molecule has 0 radical (unpaired) electrons. The number of carbonyl (C=O) groups is 1. The van der Waals surface area contributed by atoms with Gasteiger partial charge in [-0.2, -0.15) is 0 Å². The lowest BCUT2D eigenvalue weighted by atomic mass is 9.86. The third kappa shape index (κ3) is 4.11. The van der Waals surface area contributed by atoms with Crippen LogP contribution in [0.1, 0.15) is 49.5 Å². The molecule has 4 rings (SSSR count). The third-order valence-corrected chi connectivity index (χ3v) is 9.39. The summed E-state index contributed by atoms with van der Waals surface area (Å²) < 4.78 is 26.5. The standard InChI is InChI=1S/C19H21BrN2O4S2/c20-12-3-8-15(17(9-12)28(25,26)14-6-7-14)16-10-21-18(27-16)11-1-4-13(5-2-11)22-19(23)24/h3,8-11,13-14,22H,1-2,4-7H2,(H,23,24). The monoisotopic (exact) mass is 484 g/mol. The molecule has 1 aromatic heterocycles. The summed E-state index contributed by atoms with van der Waals surface area (Å²) in [6.45, 7) is 0. The highest BCUT2D eigenvalue weighted by molar-refractivity contribution is 9.10. The fraction of sp³-hybridized carbons (Fsp3) is 0.474. The molecule has 1 aromatic carbocycles. The molecule has 0 bridgehead atoms. The Morgan fingerprint density at radius 2 is 1.89 bits per heavy atom. The number of nitrogens with zero attached hydrogens (tertiary/aromatic N) is 1. The van der Waals surface area contributed by atoms with E-state index in [9.17, 15) is 13.2 Å². The zero-order valence-electron chi connectivity index (χ0n) is 15.1. The first-order valence-electron chi connectivity index (χ1n) is 9.33. The number of hydrogen-bond donors (Lipinski definition) is 2. The average molecular weight is 485 g/mol. The SMILES string of the molecule is O=C(O)NC1CCC(c2ncc(-c3ccc(Br)cc3S(=O)(=O)C3CC3)s2)CC1. The van der Waals surface area contributed by atoms with Gasteiger partial charge in [-0.25, -0.2) is 18.2 Å². The van der Waals surface area contributed by atoms with Gasteiger partial charge in [0.05, 0.1) is 20.0 Å². The zero-order chi connectivity index (χ0) is 19.9. The maximum atomic E-state index is 12.9. The fourth-order valence-corrected chi connectivity index (χ4v) is 7.35. The van der Waals surface area contributed by atoms with Gasteiger partial charge in [0, 0.05) is 28.2 Å². The summed E-state index contributed by atoms with van der Waals surface area (Å²) in [6, 6.07) is 5.42. The van der Waals surface area contributed by atoms with Crippen molar-refractivity contribution in [1.29, 1.82) is 0 Å². The van der Waals surface area contributed by atoms with Gasteiger partial charge in [0.1, 0.15) is 0 Å². The van der Waals surface area contributed by atoms with Crippen molar-refractivity contribution >= 4 is 43.2 Å². The van der Waals surface area contributed by atoms with E-state index in [0.717, 1.165) is 58.4 Å². The Bertz CT molecular complexity index is 993. The minimum atomic E-state index is -3.32. The maximum absolute atomic E-state index is 12.9. The van der Waals surface area contributed by atoms with Crippen LogP contribution in [0.2, 0.25) is 0 Å². The number of aromatic nitrogens is 1. The van der Waals surface area contributed by atoms with Crippen LogP contribution < -0.4 is 5.32 Å². The van der Waals surface area contributed by atoms with Crippen molar-refractivity contribution in [3.05, 3.63) is 33.9 Å². The van der Waals surface area contributed by atoms with Gasteiger partial charge in [0.25, 0.3) is 0 Å². The second-order valence-electron chi connectivity index (χ2n) is 7.45. The summed E-state index contributed by atoms with van der Waals surface area (Å²) >= 11 is 4.95. The van der Waals surface area contributed by atoms with Crippen molar-refractivity contribution < 1.29 is 18.3 Å². The second kappa shape index (κ2) is 7.76. The van der Waals surface area contributed by atoms with Crippen LogP contribution in [-0.4, -0.2) is 35.9 Å². The van der Waals surface area contributed by atoms with E-state index in [1.807, 2.05) is 12.1 Å². The first-order chi connectivity index (χ1) is 13.3. The Hall–Kier alpha value is -1.45. The lowest BCUT2D eigenvalue weighted by molar-refractivity contribution is 0.185. The van der Waals surface area contributed by atoms with Gasteiger partial charge in [-0.05, 0) is 50.7 Å². The Morgan fingerprint density at radius 1 is 1.18 bits per heavy atom. The Morgan fingerprint density at radius 3 is 2.54 bits per heavy atom. The van der Waals surface area contributed by atoms with Gasteiger partial charge in [0.15, 0.2) is 9.84 Å². The van der Waals surface area contributed by atoms with Crippen LogP contribution in [0.25, 0.3) is 10.4 Å². The van der Waals surface area contributed by atoms with Crippen LogP contribution in [-0.2, 0) is 9.84 Å². The predicted octanol–water partition coefficient (Wildman–Crippen LogP) is 4.80. The smallest absolute Gasteiger partial charge is 0.404 e. The lowest BCUT2D eigenvalue weighted by Crippen LogP contribution is -2.36. The van der Waals surface area contributed by atoms with Crippen LogP contribution in [0.4, 0.5) is 4.79 Å². The molecule has 0 spiro atoms. The van der Waals surface area contributed by atoms with Gasteiger partial charge in [-0.3, -0.25) is 0 Å². The Labute approximate surface area is 176 Å². The van der Waals surface area contributed by atoms with E-state index in [1.54, 1.807) is 23.6 Å². The molecule has 0 atom stereocenters. The molecule has 1 amide bonds. The number of nitrogens with one attached hydrogen (secondary N) is 1. The molecule has 2 aliphatic carbocycles. The molecular weight excluding hydrogens is 464 g/mol. The molecule has 0 aliphatic heterocycles. The molecular formula is C19H21BrN2O4S2. The fourth-order valence-electron chi connectivity index (χ4n) is 3.75. The highest BCUT2D eigenvalue weighted by Gasteiger charge is 2.38. The van der Waals surface area contributed by atoms with Crippen molar-refractivity contribution in [1.82, 2.24) is 10.3 Å². The molecule has 9 heteroatoms. The number of halogens is 1. The normalized spacial score (nSPS) is 22.8. The number of hydrogen-bond acceptors (Lipinski definition) is 5. The van der Waals surface area contributed by atoms with Gasteiger partial charge in [-0.1, -0.05) is 22.0 Å². The van der Waals surface area contributed by atoms with Crippen molar-refractivity contribution in [2.24, 2.45) is 0 Å². The first-order valence-corrected chi connectivity index (χ1v) is 12.5. The predicted molar refractivity (Wildman–Crippen MR) is 112 cm³/mol. The quantitative estimate of drug-likeness (QED) is 0.634. The number of amides is 1. The second-order valence-corrected chi connectivity index (χ2v) is 11.6. The van der Waals surface area contributed by atoms with E-state index in [2.05, 4.69) is 26.2 Å². The van der Waals surface area contributed by atoms with E-state index >= 15 is 0 Å². The van der Waals surface area contributed by atoms with Crippen LogP contribution in [0.15, 0.2) is 33.8 Å². The molecule has 0 unspecified atom stereocenters. The van der Waals surface area contributed by atoms with Crippen LogP contribution in [0.3, 0.4) is 0 Å². The number of thiazole rings is 1. The summed E-state index contributed by atoms with van der Waals surface area (Å²) in [7, 11) is -3.32. The van der Waals surface area contributed by atoms with Gasteiger partial charge in [0.2, 0.25) is 0 Å². The summed E-state index contributed by atoms with van der Waals surface area (Å²) in [5.74, 6) is 0.296. The molecule has 2 N–H and O–H groups in total. The number of sulfone groups is 1. The molecule has 28 heavy (non-hydrogen) atoms. The van der Waals surface area contributed by atoms with E-state index in [4.69, 9.17) is 5.11 Å². The molecule has 0 saturated heterocycles. The largest absolute Gasteiger partial charge is 0.465 e. The van der Waals surface area contributed by atoms with Crippen LogP contribution >= 0.6 is 27.3 Å². The summed E-state index contributed by atoms with van der Waals surface area (Å²) in [6.07, 6.45) is 5.62. The van der Waals surface area contributed by atoms with E-state index in [-0.39, 0.29) is 11.3 Å². The van der Waals surface area contributed by atoms with Crippen molar-refractivity contribution in [2.75, 3.05) is 0 Å². The first kappa shape index (κ1) is 19.8.